The summed E-state index contributed by atoms with van der Waals surface area (Å²) in [6.07, 6.45) is 0. The molecule has 1 aliphatic rings. The first kappa shape index (κ1) is 13.6. The smallest absolute Gasteiger partial charge is 0.0843 e. The molecule has 2 unspecified atom stereocenters. The van der Waals surface area contributed by atoms with E-state index in [1.807, 2.05) is 0 Å². The zero-order valence-corrected chi connectivity index (χ0v) is 12.6. The van der Waals surface area contributed by atoms with Gasteiger partial charge < -0.3 is 5.32 Å². The molecular weight excluding hydrogens is 248 g/mol. The molecule has 0 bridgehead atoms. The maximum atomic E-state index is 4.83. The molecule has 2 heterocycles. The Hall–Kier alpha value is -1.39. The summed E-state index contributed by atoms with van der Waals surface area (Å²) in [6, 6.07) is 9.68. The average molecular weight is 272 g/mol. The van der Waals surface area contributed by atoms with Crippen molar-refractivity contribution in [1.29, 1.82) is 0 Å². The molecular formula is C16H24N4. The summed E-state index contributed by atoms with van der Waals surface area (Å²) in [7, 11) is 0. The van der Waals surface area contributed by atoms with E-state index in [0.717, 1.165) is 26.2 Å². The normalized spacial score (nSPS) is 24.4. The van der Waals surface area contributed by atoms with Gasteiger partial charge in [-0.3, -0.25) is 9.58 Å². The van der Waals surface area contributed by atoms with Crippen LogP contribution in [0.1, 0.15) is 26.5 Å². The Morgan fingerprint density at radius 3 is 2.60 bits per heavy atom. The highest BCUT2D eigenvalue weighted by Gasteiger charge is 2.25. The highest BCUT2D eigenvalue weighted by Crippen LogP contribution is 2.22. The minimum atomic E-state index is 0.560. The summed E-state index contributed by atoms with van der Waals surface area (Å²) in [5.41, 5.74) is 2.46. The zero-order chi connectivity index (χ0) is 14.1. The number of piperazine rings is 1. The Bertz CT molecular complexity index is 579. The molecule has 20 heavy (non-hydrogen) atoms. The predicted molar refractivity (Wildman–Crippen MR) is 82.7 cm³/mol. The van der Waals surface area contributed by atoms with E-state index in [1.54, 1.807) is 0 Å². The van der Waals surface area contributed by atoms with Crippen LogP contribution >= 0.6 is 0 Å². The molecule has 0 radical (unpaired) electrons. The SMILES string of the molecule is CCn1nc(CN2C(C)CNCC2C)c2ccccc21. The van der Waals surface area contributed by atoms with E-state index < -0.39 is 0 Å². The van der Waals surface area contributed by atoms with Gasteiger partial charge in [-0.2, -0.15) is 5.10 Å². The van der Waals surface area contributed by atoms with Crippen LogP contribution in [0.5, 0.6) is 0 Å². The fourth-order valence-electron chi connectivity index (χ4n) is 3.21. The van der Waals surface area contributed by atoms with Gasteiger partial charge in [0.15, 0.2) is 0 Å². The summed E-state index contributed by atoms with van der Waals surface area (Å²) in [5, 5.41) is 9.61. The highest BCUT2D eigenvalue weighted by molar-refractivity contribution is 5.81. The molecule has 1 aromatic heterocycles. The molecule has 0 saturated carbocycles. The summed E-state index contributed by atoms with van der Waals surface area (Å²) in [6.45, 7) is 10.7. The second kappa shape index (κ2) is 5.54. The van der Waals surface area contributed by atoms with Crippen LogP contribution in [-0.2, 0) is 13.1 Å². The van der Waals surface area contributed by atoms with E-state index in [0.29, 0.717) is 12.1 Å². The van der Waals surface area contributed by atoms with Crippen LogP contribution in [0.25, 0.3) is 10.9 Å². The van der Waals surface area contributed by atoms with Gasteiger partial charge in [-0.05, 0) is 26.8 Å². The van der Waals surface area contributed by atoms with Gasteiger partial charge in [-0.25, -0.2) is 0 Å². The standard InChI is InChI=1S/C16H24N4/c1-4-20-16-8-6-5-7-14(16)15(18-20)11-19-12(2)9-17-10-13(19)3/h5-8,12-13,17H,4,9-11H2,1-3H3. The zero-order valence-electron chi connectivity index (χ0n) is 12.6. The second-order valence-corrected chi connectivity index (χ2v) is 5.81. The molecule has 4 nitrogen and oxygen atoms in total. The van der Waals surface area contributed by atoms with Crippen LogP contribution in [0.3, 0.4) is 0 Å². The molecule has 108 valence electrons. The average Bonchev–Trinajstić information content (AvgIpc) is 2.81. The number of hydrogen-bond acceptors (Lipinski definition) is 3. The number of nitrogens with zero attached hydrogens (tertiary/aromatic N) is 3. The van der Waals surface area contributed by atoms with E-state index >= 15 is 0 Å². The van der Waals surface area contributed by atoms with Gasteiger partial charge in [-0.1, -0.05) is 18.2 Å². The van der Waals surface area contributed by atoms with Crippen molar-refractivity contribution in [2.24, 2.45) is 0 Å². The predicted octanol–water partition coefficient (Wildman–Crippen LogP) is 2.24. The van der Waals surface area contributed by atoms with Gasteiger partial charge >= 0.3 is 0 Å². The van der Waals surface area contributed by atoms with E-state index in [9.17, 15) is 0 Å². The minimum absolute atomic E-state index is 0.560. The summed E-state index contributed by atoms with van der Waals surface area (Å²) in [4.78, 5) is 2.56. The summed E-state index contributed by atoms with van der Waals surface area (Å²) < 4.78 is 2.11. The Balaban J connectivity index is 1.94. The topological polar surface area (TPSA) is 33.1 Å². The first-order chi connectivity index (χ1) is 9.70. The first-order valence-corrected chi connectivity index (χ1v) is 7.61. The Morgan fingerprint density at radius 2 is 1.90 bits per heavy atom. The van der Waals surface area contributed by atoms with E-state index in [1.165, 1.54) is 16.6 Å². The first-order valence-electron chi connectivity index (χ1n) is 7.61. The van der Waals surface area contributed by atoms with E-state index in [-0.39, 0.29) is 0 Å². The van der Waals surface area contributed by atoms with Crippen molar-refractivity contribution in [3.8, 4) is 0 Å². The molecule has 0 spiro atoms. The molecule has 0 aliphatic carbocycles. The van der Waals surface area contributed by atoms with Crippen LogP contribution < -0.4 is 5.32 Å². The van der Waals surface area contributed by atoms with Gasteiger partial charge in [-0.15, -0.1) is 0 Å². The molecule has 3 rings (SSSR count). The number of para-hydroxylation sites is 1. The third kappa shape index (κ3) is 2.34. The van der Waals surface area contributed by atoms with Crippen LogP contribution in [0.2, 0.25) is 0 Å². The van der Waals surface area contributed by atoms with Gasteiger partial charge in [0.25, 0.3) is 0 Å². The quantitative estimate of drug-likeness (QED) is 0.930. The lowest BCUT2D eigenvalue weighted by Gasteiger charge is -2.39. The molecule has 1 aliphatic heterocycles. The third-order valence-corrected chi connectivity index (χ3v) is 4.38. The van der Waals surface area contributed by atoms with Crippen LogP contribution in [0.4, 0.5) is 0 Å². The summed E-state index contributed by atoms with van der Waals surface area (Å²) >= 11 is 0. The van der Waals surface area contributed by atoms with Crippen molar-refractivity contribution in [2.75, 3.05) is 13.1 Å². The Morgan fingerprint density at radius 1 is 1.20 bits per heavy atom. The van der Waals surface area contributed by atoms with Crippen molar-refractivity contribution >= 4 is 10.9 Å². The van der Waals surface area contributed by atoms with Gasteiger partial charge in [0.05, 0.1) is 11.2 Å². The minimum Gasteiger partial charge on any atom is -0.314 e. The molecule has 4 heteroatoms. The monoisotopic (exact) mass is 272 g/mol. The van der Waals surface area contributed by atoms with Crippen molar-refractivity contribution < 1.29 is 0 Å². The molecule has 0 amide bonds. The Kier molecular flexibility index (Phi) is 3.76. The van der Waals surface area contributed by atoms with Crippen molar-refractivity contribution in [3.63, 3.8) is 0 Å². The van der Waals surface area contributed by atoms with Crippen molar-refractivity contribution in [1.82, 2.24) is 20.0 Å². The maximum Gasteiger partial charge on any atom is 0.0843 e. The maximum absolute atomic E-state index is 4.83. The number of hydrogen-bond donors (Lipinski definition) is 1. The van der Waals surface area contributed by atoms with E-state index in [2.05, 4.69) is 59.9 Å². The number of nitrogens with one attached hydrogen (secondary N) is 1. The lowest BCUT2D eigenvalue weighted by Crippen LogP contribution is -2.54. The van der Waals surface area contributed by atoms with Gasteiger partial charge in [0.1, 0.15) is 0 Å². The fourth-order valence-corrected chi connectivity index (χ4v) is 3.21. The number of aryl methyl sites for hydroxylation is 1. The third-order valence-electron chi connectivity index (χ3n) is 4.38. The highest BCUT2D eigenvalue weighted by atomic mass is 15.3. The number of fused-ring (bicyclic) bond motifs is 1. The van der Waals surface area contributed by atoms with Crippen LogP contribution in [0, 0.1) is 0 Å². The van der Waals surface area contributed by atoms with Crippen LogP contribution in [0.15, 0.2) is 24.3 Å². The molecule has 1 fully saturated rings. The Labute approximate surface area is 120 Å². The molecule has 1 N–H and O–H groups in total. The van der Waals surface area contributed by atoms with Gasteiger partial charge in [0.2, 0.25) is 0 Å². The molecule has 1 aromatic carbocycles. The lowest BCUT2D eigenvalue weighted by atomic mass is 10.1. The van der Waals surface area contributed by atoms with Crippen molar-refractivity contribution in [3.05, 3.63) is 30.0 Å². The number of aromatic nitrogens is 2. The summed E-state index contributed by atoms with van der Waals surface area (Å²) in [5.74, 6) is 0. The van der Waals surface area contributed by atoms with Gasteiger partial charge in [0, 0.05) is 43.6 Å². The van der Waals surface area contributed by atoms with Crippen LogP contribution in [-0.4, -0.2) is 39.9 Å². The number of rotatable bonds is 3. The second-order valence-electron chi connectivity index (χ2n) is 5.81. The number of benzene rings is 1. The van der Waals surface area contributed by atoms with Crippen molar-refractivity contribution in [2.45, 2.75) is 45.9 Å². The molecule has 2 atom stereocenters. The lowest BCUT2D eigenvalue weighted by molar-refractivity contribution is 0.107. The largest absolute Gasteiger partial charge is 0.314 e. The fraction of sp³-hybridized carbons (Fsp3) is 0.562. The van der Waals surface area contributed by atoms with E-state index in [4.69, 9.17) is 5.10 Å². The molecule has 1 saturated heterocycles. The molecule has 2 aromatic rings.